The van der Waals surface area contributed by atoms with Crippen LogP contribution in [0.15, 0.2) is 12.3 Å². The summed E-state index contributed by atoms with van der Waals surface area (Å²) in [5, 5.41) is 28.7. The summed E-state index contributed by atoms with van der Waals surface area (Å²) in [6, 6.07) is 3.06. The Bertz CT molecular complexity index is 496. The summed E-state index contributed by atoms with van der Waals surface area (Å²) in [4.78, 5) is 16.3. The Morgan fingerprint density at radius 3 is 2.79 bits per heavy atom. The van der Waals surface area contributed by atoms with Crippen molar-refractivity contribution in [2.75, 3.05) is 18.1 Å². The van der Waals surface area contributed by atoms with Gasteiger partial charge in [-0.15, -0.1) is 0 Å². The summed E-state index contributed by atoms with van der Waals surface area (Å²) in [6.07, 6.45) is 1.81. The van der Waals surface area contributed by atoms with E-state index in [2.05, 4.69) is 4.98 Å². The third kappa shape index (κ3) is 3.63. The molecule has 0 bridgehead atoms. The monoisotopic (exact) mass is 264 g/mol. The number of rotatable bonds is 6. The third-order valence-electron chi connectivity index (χ3n) is 2.63. The number of anilines is 1. The Kier molecular flexibility index (Phi) is 5.21. The van der Waals surface area contributed by atoms with E-state index in [9.17, 15) is 10.1 Å². The molecule has 0 unspecified atom stereocenters. The highest BCUT2D eigenvalue weighted by Crippen LogP contribution is 2.27. The van der Waals surface area contributed by atoms with Gasteiger partial charge in [-0.1, -0.05) is 0 Å². The average Bonchev–Trinajstić information content (AvgIpc) is 2.38. The highest BCUT2D eigenvalue weighted by Gasteiger charge is 2.23. The molecular weight excluding hydrogens is 248 g/mol. The summed E-state index contributed by atoms with van der Waals surface area (Å²) in [7, 11) is 0. The van der Waals surface area contributed by atoms with E-state index in [0.717, 1.165) is 0 Å². The normalized spacial score (nSPS) is 10.3. The van der Waals surface area contributed by atoms with Gasteiger partial charge in [0.1, 0.15) is 6.07 Å². The van der Waals surface area contributed by atoms with Crippen molar-refractivity contribution in [2.45, 2.75) is 26.3 Å². The largest absolute Gasteiger partial charge is 0.396 e. The van der Waals surface area contributed by atoms with Crippen molar-refractivity contribution < 1.29 is 10.0 Å². The van der Waals surface area contributed by atoms with Crippen LogP contribution in [0.5, 0.6) is 0 Å². The molecule has 1 N–H and O–H groups in total. The molecule has 1 aromatic rings. The predicted molar refractivity (Wildman–Crippen MR) is 69.8 cm³/mol. The molecule has 19 heavy (non-hydrogen) atoms. The molecule has 0 aromatic carbocycles. The second-order valence-electron chi connectivity index (χ2n) is 4.30. The van der Waals surface area contributed by atoms with E-state index in [0.29, 0.717) is 13.0 Å². The van der Waals surface area contributed by atoms with E-state index in [-0.39, 0.29) is 29.7 Å². The topological polar surface area (TPSA) is 103 Å². The molecule has 7 nitrogen and oxygen atoms in total. The fraction of sp³-hybridized carbons (Fsp3) is 0.500. The molecule has 0 saturated heterocycles. The van der Waals surface area contributed by atoms with Crippen LogP contribution in [-0.2, 0) is 0 Å². The number of nitriles is 1. The zero-order valence-corrected chi connectivity index (χ0v) is 10.9. The van der Waals surface area contributed by atoms with Crippen molar-refractivity contribution in [3.63, 3.8) is 0 Å². The number of aliphatic hydroxyl groups is 1. The molecular formula is C12H16N4O3. The molecule has 0 aliphatic rings. The van der Waals surface area contributed by atoms with E-state index in [1.807, 2.05) is 19.9 Å². The average molecular weight is 264 g/mol. The smallest absolute Gasteiger partial charge is 0.312 e. The van der Waals surface area contributed by atoms with Gasteiger partial charge in [0, 0.05) is 31.5 Å². The van der Waals surface area contributed by atoms with Crippen LogP contribution in [0.3, 0.4) is 0 Å². The van der Waals surface area contributed by atoms with Gasteiger partial charge in [0.2, 0.25) is 5.82 Å². The number of aliphatic hydroxyl groups excluding tert-OH is 1. The van der Waals surface area contributed by atoms with E-state index in [4.69, 9.17) is 10.4 Å². The van der Waals surface area contributed by atoms with E-state index >= 15 is 0 Å². The number of pyridine rings is 1. The lowest BCUT2D eigenvalue weighted by atomic mass is 10.2. The molecule has 0 aliphatic heterocycles. The molecule has 0 radical (unpaired) electrons. The van der Waals surface area contributed by atoms with Crippen LogP contribution in [0, 0.1) is 21.4 Å². The molecule has 7 heteroatoms. The van der Waals surface area contributed by atoms with Gasteiger partial charge < -0.3 is 10.0 Å². The van der Waals surface area contributed by atoms with Crippen molar-refractivity contribution in [3.8, 4) is 6.07 Å². The van der Waals surface area contributed by atoms with Gasteiger partial charge in [-0.05, 0) is 20.3 Å². The molecule has 0 atom stereocenters. The van der Waals surface area contributed by atoms with Gasteiger partial charge in [-0.2, -0.15) is 5.26 Å². The van der Waals surface area contributed by atoms with E-state index in [1.165, 1.54) is 12.3 Å². The van der Waals surface area contributed by atoms with Crippen molar-refractivity contribution in [1.82, 2.24) is 4.98 Å². The summed E-state index contributed by atoms with van der Waals surface area (Å²) in [6.45, 7) is 4.25. The van der Waals surface area contributed by atoms with Crippen LogP contribution >= 0.6 is 0 Å². The molecule has 1 aromatic heterocycles. The molecule has 0 spiro atoms. The van der Waals surface area contributed by atoms with Crippen LogP contribution in [-0.4, -0.2) is 34.2 Å². The summed E-state index contributed by atoms with van der Waals surface area (Å²) in [5.74, 6) is 0.229. The van der Waals surface area contributed by atoms with Gasteiger partial charge in [-0.3, -0.25) is 10.1 Å². The summed E-state index contributed by atoms with van der Waals surface area (Å²) >= 11 is 0. The van der Waals surface area contributed by atoms with Crippen LogP contribution in [0.25, 0.3) is 0 Å². The van der Waals surface area contributed by atoms with Crippen LogP contribution < -0.4 is 4.90 Å². The Balaban J connectivity index is 3.22. The van der Waals surface area contributed by atoms with Crippen LogP contribution in [0.1, 0.15) is 25.8 Å². The van der Waals surface area contributed by atoms with Gasteiger partial charge in [0.25, 0.3) is 0 Å². The van der Waals surface area contributed by atoms with E-state index < -0.39 is 4.92 Å². The van der Waals surface area contributed by atoms with Crippen LogP contribution in [0.2, 0.25) is 0 Å². The van der Waals surface area contributed by atoms with Gasteiger partial charge in [0.05, 0.1) is 10.5 Å². The number of nitrogens with zero attached hydrogens (tertiary/aromatic N) is 4. The van der Waals surface area contributed by atoms with Gasteiger partial charge in [-0.25, -0.2) is 4.98 Å². The first-order valence-corrected chi connectivity index (χ1v) is 5.93. The van der Waals surface area contributed by atoms with E-state index in [1.54, 1.807) is 4.90 Å². The number of hydrogen-bond donors (Lipinski definition) is 1. The molecule has 1 heterocycles. The van der Waals surface area contributed by atoms with Gasteiger partial charge in [0.15, 0.2) is 0 Å². The predicted octanol–water partition coefficient (Wildman–Crippen LogP) is 1.46. The Hall–Kier alpha value is -2.20. The highest BCUT2D eigenvalue weighted by atomic mass is 16.6. The fourth-order valence-electron chi connectivity index (χ4n) is 1.71. The van der Waals surface area contributed by atoms with Crippen molar-refractivity contribution in [1.29, 1.82) is 5.26 Å². The summed E-state index contributed by atoms with van der Waals surface area (Å²) < 4.78 is 0. The minimum Gasteiger partial charge on any atom is -0.396 e. The minimum atomic E-state index is -0.544. The lowest BCUT2D eigenvalue weighted by molar-refractivity contribution is -0.384. The molecule has 102 valence electrons. The standard InChI is InChI=1S/C12H16N4O3/c1-9(2)15(4-3-5-17)12-11(16(18)19)6-10(7-13)8-14-12/h6,8-9,17H,3-5H2,1-2H3. The maximum absolute atomic E-state index is 11.1. The molecule has 0 saturated carbocycles. The number of hydrogen-bond acceptors (Lipinski definition) is 6. The molecule has 0 aliphatic carbocycles. The maximum atomic E-state index is 11.1. The first-order chi connectivity index (χ1) is 9.01. The minimum absolute atomic E-state index is 0.00526. The molecule has 1 rings (SSSR count). The SMILES string of the molecule is CC(C)N(CCCO)c1ncc(C#N)cc1[N+](=O)[O-]. The Labute approximate surface area is 111 Å². The molecule has 0 amide bonds. The maximum Gasteiger partial charge on any atom is 0.312 e. The quantitative estimate of drug-likeness (QED) is 0.616. The van der Waals surface area contributed by atoms with Gasteiger partial charge >= 0.3 is 5.69 Å². The summed E-state index contributed by atoms with van der Waals surface area (Å²) in [5.41, 5.74) is -0.0352. The highest BCUT2D eigenvalue weighted by molar-refractivity contribution is 5.60. The third-order valence-corrected chi connectivity index (χ3v) is 2.63. The second-order valence-corrected chi connectivity index (χ2v) is 4.30. The Morgan fingerprint density at radius 1 is 1.63 bits per heavy atom. The fourth-order valence-corrected chi connectivity index (χ4v) is 1.71. The zero-order valence-electron chi connectivity index (χ0n) is 10.9. The number of aromatic nitrogens is 1. The first-order valence-electron chi connectivity index (χ1n) is 5.93. The first kappa shape index (κ1) is 14.9. The second kappa shape index (κ2) is 6.66. The number of nitro groups is 1. The lowest BCUT2D eigenvalue weighted by Gasteiger charge is -2.27. The zero-order chi connectivity index (χ0) is 14.4. The van der Waals surface area contributed by atoms with Crippen molar-refractivity contribution >= 4 is 11.5 Å². The Morgan fingerprint density at radius 2 is 2.32 bits per heavy atom. The lowest BCUT2D eigenvalue weighted by Crippen LogP contribution is -2.33. The molecule has 0 fully saturated rings. The van der Waals surface area contributed by atoms with Crippen LogP contribution in [0.4, 0.5) is 11.5 Å². The van der Waals surface area contributed by atoms with Crippen molar-refractivity contribution in [2.24, 2.45) is 0 Å². The van der Waals surface area contributed by atoms with Crippen molar-refractivity contribution in [3.05, 3.63) is 27.9 Å².